The van der Waals surface area contributed by atoms with Crippen molar-refractivity contribution in [2.75, 3.05) is 18.0 Å². The minimum Gasteiger partial charge on any atom is -0.372 e. The van der Waals surface area contributed by atoms with Gasteiger partial charge in [0.2, 0.25) is 10.0 Å². The van der Waals surface area contributed by atoms with Gasteiger partial charge in [0.05, 0.1) is 4.90 Å². The average molecular weight is 350 g/mol. The molecule has 2 aromatic rings. The van der Waals surface area contributed by atoms with Crippen LogP contribution in [-0.2, 0) is 16.6 Å². The lowest BCUT2D eigenvalue weighted by Crippen LogP contribution is -2.24. The molecule has 0 aliphatic rings. The zero-order chi connectivity index (χ0) is 17.7. The Labute approximate surface area is 143 Å². The fourth-order valence-electron chi connectivity index (χ4n) is 2.46. The lowest BCUT2D eigenvalue weighted by atomic mass is 10.2. The van der Waals surface area contributed by atoms with Crippen LogP contribution in [0.25, 0.3) is 0 Å². The van der Waals surface area contributed by atoms with E-state index in [1.807, 2.05) is 24.3 Å². The Bertz CT molecular complexity index is 785. The van der Waals surface area contributed by atoms with Crippen LogP contribution in [0.4, 0.5) is 10.1 Å². The van der Waals surface area contributed by atoms with Gasteiger partial charge in [-0.3, -0.25) is 0 Å². The standard InChI is InChI=1S/C18H23FN2O2S/c1-4-21(5-2)16-8-6-15(7-9-16)13-20-24(22,23)17-10-11-18(19)14(3)12-17/h6-12,20H,4-5,13H2,1-3H3. The summed E-state index contributed by atoms with van der Waals surface area (Å²) in [6.07, 6.45) is 0. The van der Waals surface area contributed by atoms with E-state index >= 15 is 0 Å². The van der Waals surface area contributed by atoms with Gasteiger partial charge in [-0.1, -0.05) is 12.1 Å². The van der Waals surface area contributed by atoms with E-state index in [-0.39, 0.29) is 11.4 Å². The van der Waals surface area contributed by atoms with Crippen LogP contribution in [0.15, 0.2) is 47.4 Å². The molecule has 0 aromatic heterocycles. The van der Waals surface area contributed by atoms with E-state index in [4.69, 9.17) is 0 Å². The maximum atomic E-state index is 13.3. The predicted octanol–water partition coefficient (Wildman–Crippen LogP) is 3.46. The molecule has 2 aromatic carbocycles. The maximum absolute atomic E-state index is 13.3. The molecule has 2 rings (SSSR count). The van der Waals surface area contributed by atoms with Crippen LogP contribution in [0.1, 0.15) is 25.0 Å². The Morgan fingerprint density at radius 1 is 1.04 bits per heavy atom. The second-order valence-electron chi connectivity index (χ2n) is 5.57. The quantitative estimate of drug-likeness (QED) is 0.832. The minimum absolute atomic E-state index is 0.0705. The summed E-state index contributed by atoms with van der Waals surface area (Å²) in [6.45, 7) is 7.77. The maximum Gasteiger partial charge on any atom is 0.240 e. The first kappa shape index (κ1) is 18.4. The van der Waals surface area contributed by atoms with Gasteiger partial charge >= 0.3 is 0 Å². The van der Waals surface area contributed by atoms with E-state index in [0.717, 1.165) is 24.3 Å². The van der Waals surface area contributed by atoms with Crippen molar-refractivity contribution < 1.29 is 12.8 Å². The van der Waals surface area contributed by atoms with Crippen LogP contribution in [0.3, 0.4) is 0 Å². The third-order valence-corrected chi connectivity index (χ3v) is 5.37. The number of nitrogens with one attached hydrogen (secondary N) is 1. The predicted molar refractivity (Wildman–Crippen MR) is 95.2 cm³/mol. The fourth-order valence-corrected chi connectivity index (χ4v) is 3.56. The van der Waals surface area contributed by atoms with Gasteiger partial charge in [0, 0.05) is 25.3 Å². The molecule has 0 amide bonds. The van der Waals surface area contributed by atoms with Gasteiger partial charge in [0.1, 0.15) is 5.82 Å². The van der Waals surface area contributed by atoms with E-state index in [1.54, 1.807) is 6.92 Å². The van der Waals surface area contributed by atoms with Crippen molar-refractivity contribution in [2.24, 2.45) is 0 Å². The Morgan fingerprint density at radius 2 is 1.67 bits per heavy atom. The van der Waals surface area contributed by atoms with Crippen molar-refractivity contribution >= 4 is 15.7 Å². The van der Waals surface area contributed by atoms with Crippen LogP contribution in [0.2, 0.25) is 0 Å². The molecule has 0 radical (unpaired) electrons. The zero-order valence-corrected chi connectivity index (χ0v) is 15.0. The Balaban J connectivity index is 2.07. The number of sulfonamides is 1. The van der Waals surface area contributed by atoms with Crippen LogP contribution < -0.4 is 9.62 Å². The largest absolute Gasteiger partial charge is 0.372 e. The molecule has 130 valence electrons. The SMILES string of the molecule is CCN(CC)c1ccc(CNS(=O)(=O)c2ccc(F)c(C)c2)cc1. The van der Waals surface area contributed by atoms with Gasteiger partial charge in [0.15, 0.2) is 0 Å². The third-order valence-electron chi connectivity index (χ3n) is 3.97. The van der Waals surface area contributed by atoms with Crippen molar-refractivity contribution in [3.05, 3.63) is 59.4 Å². The second-order valence-corrected chi connectivity index (χ2v) is 7.34. The molecule has 6 heteroatoms. The highest BCUT2D eigenvalue weighted by molar-refractivity contribution is 7.89. The van der Waals surface area contributed by atoms with Gasteiger partial charge in [-0.15, -0.1) is 0 Å². The summed E-state index contributed by atoms with van der Waals surface area (Å²) in [5.74, 6) is -0.416. The molecule has 4 nitrogen and oxygen atoms in total. The van der Waals surface area contributed by atoms with Crippen molar-refractivity contribution in [3.8, 4) is 0 Å². The molecule has 0 aliphatic heterocycles. The van der Waals surface area contributed by atoms with E-state index in [9.17, 15) is 12.8 Å². The average Bonchev–Trinajstić information content (AvgIpc) is 2.57. The summed E-state index contributed by atoms with van der Waals surface area (Å²) in [5, 5.41) is 0. The number of rotatable bonds is 7. The summed E-state index contributed by atoms with van der Waals surface area (Å²) in [4.78, 5) is 2.29. The Hall–Kier alpha value is -1.92. The van der Waals surface area contributed by atoms with Crippen LogP contribution in [0, 0.1) is 12.7 Å². The number of nitrogens with zero attached hydrogens (tertiary/aromatic N) is 1. The first-order valence-electron chi connectivity index (χ1n) is 7.97. The van der Waals surface area contributed by atoms with Crippen molar-refractivity contribution in [1.82, 2.24) is 4.72 Å². The van der Waals surface area contributed by atoms with Crippen LogP contribution >= 0.6 is 0 Å². The molecule has 0 spiro atoms. The molecule has 0 saturated heterocycles. The van der Waals surface area contributed by atoms with Crippen molar-refractivity contribution in [1.29, 1.82) is 0 Å². The molecule has 0 saturated carbocycles. The van der Waals surface area contributed by atoms with Crippen molar-refractivity contribution in [2.45, 2.75) is 32.2 Å². The zero-order valence-electron chi connectivity index (χ0n) is 14.2. The first-order valence-corrected chi connectivity index (χ1v) is 9.45. The van der Waals surface area contributed by atoms with Crippen LogP contribution in [-0.4, -0.2) is 21.5 Å². The molecule has 0 aliphatic carbocycles. The summed E-state index contributed by atoms with van der Waals surface area (Å²) < 4.78 is 40.4. The highest BCUT2D eigenvalue weighted by Gasteiger charge is 2.15. The van der Waals surface area contributed by atoms with E-state index in [1.165, 1.54) is 18.2 Å². The lowest BCUT2D eigenvalue weighted by molar-refractivity contribution is 0.579. The topological polar surface area (TPSA) is 49.4 Å². The van der Waals surface area contributed by atoms with E-state index in [2.05, 4.69) is 23.5 Å². The molecular weight excluding hydrogens is 327 g/mol. The summed E-state index contributed by atoms with van der Waals surface area (Å²) in [6, 6.07) is 11.6. The lowest BCUT2D eigenvalue weighted by Gasteiger charge is -2.21. The molecule has 1 N–H and O–H groups in total. The smallest absolute Gasteiger partial charge is 0.240 e. The molecule has 0 unspecified atom stereocenters. The van der Waals surface area contributed by atoms with Gasteiger partial charge in [0.25, 0.3) is 0 Å². The van der Waals surface area contributed by atoms with E-state index in [0.29, 0.717) is 5.56 Å². The Morgan fingerprint density at radius 3 is 2.21 bits per heavy atom. The monoisotopic (exact) mass is 350 g/mol. The normalized spacial score (nSPS) is 11.5. The second kappa shape index (κ2) is 7.77. The highest BCUT2D eigenvalue weighted by atomic mass is 32.2. The molecule has 0 heterocycles. The first-order chi connectivity index (χ1) is 11.4. The van der Waals surface area contributed by atoms with Crippen LogP contribution in [0.5, 0.6) is 0 Å². The fraction of sp³-hybridized carbons (Fsp3) is 0.333. The third kappa shape index (κ3) is 4.33. The summed E-state index contributed by atoms with van der Waals surface area (Å²) in [5.41, 5.74) is 2.29. The van der Waals surface area contributed by atoms with Crippen molar-refractivity contribution in [3.63, 3.8) is 0 Å². The van der Waals surface area contributed by atoms with Gasteiger partial charge in [-0.2, -0.15) is 0 Å². The molecule has 24 heavy (non-hydrogen) atoms. The van der Waals surface area contributed by atoms with E-state index < -0.39 is 15.8 Å². The molecule has 0 bridgehead atoms. The number of halogens is 1. The number of anilines is 1. The number of benzene rings is 2. The molecular formula is C18H23FN2O2S. The number of hydrogen-bond acceptors (Lipinski definition) is 3. The molecule has 0 fully saturated rings. The van der Waals surface area contributed by atoms with Gasteiger partial charge in [-0.25, -0.2) is 17.5 Å². The van der Waals surface area contributed by atoms with Gasteiger partial charge in [-0.05, 0) is 62.2 Å². The highest BCUT2D eigenvalue weighted by Crippen LogP contribution is 2.17. The summed E-state index contributed by atoms with van der Waals surface area (Å²) in [7, 11) is -3.66. The van der Waals surface area contributed by atoms with Gasteiger partial charge < -0.3 is 4.90 Å². The molecule has 0 atom stereocenters. The number of aryl methyl sites for hydroxylation is 1. The Kier molecular flexibility index (Phi) is 5.96. The summed E-state index contributed by atoms with van der Waals surface area (Å²) >= 11 is 0. The minimum atomic E-state index is -3.66. The number of hydrogen-bond donors (Lipinski definition) is 1.